The van der Waals surface area contributed by atoms with Gasteiger partial charge in [0.05, 0.1) is 45.3 Å². The number of methoxy groups -OCH3 is 1. The largest absolute Gasteiger partial charge is 0.496 e. The summed E-state index contributed by atoms with van der Waals surface area (Å²) in [5.41, 5.74) is 5.54. The van der Waals surface area contributed by atoms with Gasteiger partial charge in [-0.25, -0.2) is 24.1 Å². The molecule has 10 rings (SSSR count). The smallest absolute Gasteiger partial charge is 0.345 e. The van der Waals surface area contributed by atoms with E-state index in [1.165, 1.54) is 18.5 Å². The standard InChI is InChI=1S/C49H46Cl2FN7O7/c1-28-42(50)46-43(51)29(2)44(28)59-38(30-9-11-32(52)12-10-30)23-37-45(59)48(55-27-54-37)66-41(49(60)61)22-31-21-34(63-26-35(65-46)24-58-19-17-57(3)18-20-58)13-14-39(31)64-25-33-15-16-53-47(56-33)36-7-5-6-8-40(36)62-4/h5-16,21,23,27,35,41H,17-20,22,24-26H2,1-4H3,(H,60,61)/t35-,41+/m1/s1. The number of fused-ring (bicyclic) bond motifs is 7. The van der Waals surface area contributed by atoms with Gasteiger partial charge >= 0.3 is 5.97 Å². The van der Waals surface area contributed by atoms with Crippen LogP contribution in [0, 0.1) is 19.7 Å². The summed E-state index contributed by atoms with van der Waals surface area (Å²) in [5, 5.41) is 11.4. The Morgan fingerprint density at radius 2 is 1.67 bits per heavy atom. The molecule has 3 aliphatic heterocycles. The van der Waals surface area contributed by atoms with Crippen LogP contribution in [0.3, 0.4) is 0 Å². The molecule has 6 heterocycles. The van der Waals surface area contributed by atoms with Gasteiger partial charge in [0.25, 0.3) is 0 Å². The highest BCUT2D eigenvalue weighted by molar-refractivity contribution is 6.38. The van der Waals surface area contributed by atoms with Crippen molar-refractivity contribution < 1.29 is 38.0 Å². The zero-order chi connectivity index (χ0) is 46.1. The van der Waals surface area contributed by atoms with Crippen molar-refractivity contribution in [3.63, 3.8) is 0 Å². The van der Waals surface area contributed by atoms with E-state index in [4.69, 9.17) is 51.9 Å². The summed E-state index contributed by atoms with van der Waals surface area (Å²) in [6.07, 6.45) is 0.749. The second-order valence-corrected chi connectivity index (χ2v) is 17.0. The molecule has 0 radical (unpaired) electrons. The Balaban J connectivity index is 1.16. The average Bonchev–Trinajstić information content (AvgIpc) is 3.71. The van der Waals surface area contributed by atoms with Crippen LogP contribution in [0.25, 0.3) is 39.4 Å². The van der Waals surface area contributed by atoms with Crippen molar-refractivity contribution in [3.05, 3.63) is 130 Å². The minimum absolute atomic E-state index is 0.0246. The predicted molar refractivity (Wildman–Crippen MR) is 248 cm³/mol. The number of hydrogen-bond acceptors (Lipinski definition) is 12. The van der Waals surface area contributed by atoms with E-state index in [0.29, 0.717) is 85.7 Å². The van der Waals surface area contributed by atoms with Gasteiger partial charge in [-0.1, -0.05) is 35.3 Å². The second-order valence-electron chi connectivity index (χ2n) is 16.3. The molecule has 17 heteroatoms. The molecule has 1 fully saturated rings. The number of aromatic nitrogens is 5. The van der Waals surface area contributed by atoms with Crippen molar-refractivity contribution in [2.24, 2.45) is 0 Å². The zero-order valence-corrected chi connectivity index (χ0v) is 38.1. The number of ether oxygens (including phenoxy) is 5. The minimum Gasteiger partial charge on any atom is -0.496 e. The lowest BCUT2D eigenvalue weighted by Crippen LogP contribution is -2.49. The summed E-state index contributed by atoms with van der Waals surface area (Å²) < 4.78 is 47.9. The normalized spacial score (nSPS) is 16.8. The molecule has 4 aromatic carbocycles. The number of piperazine rings is 1. The molecule has 0 aliphatic carbocycles. The molecule has 3 aromatic heterocycles. The number of likely N-dealkylation sites (N-methyl/N-ethyl adjacent to an activating group) is 1. The van der Waals surface area contributed by atoms with E-state index in [-0.39, 0.29) is 35.6 Å². The SMILES string of the molecule is COc1ccccc1-c1nccc(COc2ccc3cc2C[C@@H](C(=O)O)Oc2ncnc4cc(-c5ccc(F)cc5)n(c24)-c2c(C)c(Cl)c(c(Cl)c2C)O[C@H](CN2CCN(C)CC2)CO3)n1. The van der Waals surface area contributed by atoms with Crippen LogP contribution in [0.4, 0.5) is 4.39 Å². The Morgan fingerprint density at radius 3 is 2.41 bits per heavy atom. The van der Waals surface area contributed by atoms with Crippen molar-refractivity contribution in [1.82, 2.24) is 34.3 Å². The summed E-state index contributed by atoms with van der Waals surface area (Å²) in [4.78, 5) is 36.2. The highest BCUT2D eigenvalue weighted by atomic mass is 35.5. The third-order valence-electron chi connectivity index (χ3n) is 11.9. The van der Waals surface area contributed by atoms with Crippen molar-refractivity contribution in [2.45, 2.75) is 39.1 Å². The summed E-state index contributed by atoms with van der Waals surface area (Å²) >= 11 is 14.6. The van der Waals surface area contributed by atoms with Crippen LogP contribution in [-0.4, -0.2) is 111 Å². The quantitative estimate of drug-likeness (QED) is 0.148. The number of aliphatic carboxylic acids is 1. The molecule has 66 heavy (non-hydrogen) atoms. The highest BCUT2D eigenvalue weighted by Crippen LogP contribution is 2.46. The molecule has 4 bridgehead atoms. The number of halogens is 3. The summed E-state index contributed by atoms with van der Waals surface area (Å²) in [6, 6.07) is 22.3. The predicted octanol–water partition coefficient (Wildman–Crippen LogP) is 8.66. The third-order valence-corrected chi connectivity index (χ3v) is 12.8. The minimum atomic E-state index is -1.49. The molecule has 1 N–H and O–H groups in total. The molecule has 0 saturated carbocycles. The van der Waals surface area contributed by atoms with Crippen LogP contribution >= 0.6 is 23.2 Å². The lowest BCUT2D eigenvalue weighted by atomic mass is 10.1. The first-order chi connectivity index (χ1) is 31.9. The first-order valence-electron chi connectivity index (χ1n) is 21.4. The Kier molecular flexibility index (Phi) is 13.0. The van der Waals surface area contributed by atoms with E-state index in [2.05, 4.69) is 31.8 Å². The number of nitrogens with zero attached hydrogens (tertiary/aromatic N) is 7. The average molecular weight is 935 g/mol. The van der Waals surface area contributed by atoms with Gasteiger partial charge in [-0.2, -0.15) is 4.98 Å². The number of para-hydroxylation sites is 1. The summed E-state index contributed by atoms with van der Waals surface area (Å²) in [6.45, 7) is 7.78. The molecule has 0 spiro atoms. The third kappa shape index (κ3) is 9.16. The van der Waals surface area contributed by atoms with Gasteiger partial charge in [0.15, 0.2) is 11.6 Å². The molecule has 0 amide bonds. The van der Waals surface area contributed by atoms with E-state index >= 15 is 0 Å². The van der Waals surface area contributed by atoms with Crippen LogP contribution in [0.15, 0.2) is 91.4 Å². The number of carboxylic acid groups (broad SMARTS) is 1. The fraction of sp³-hybridized carbons (Fsp3) is 0.286. The molecule has 14 nitrogen and oxygen atoms in total. The van der Waals surface area contributed by atoms with Gasteiger partial charge in [-0.3, -0.25) is 4.90 Å². The molecule has 0 unspecified atom stereocenters. The fourth-order valence-electron chi connectivity index (χ4n) is 8.37. The van der Waals surface area contributed by atoms with Crippen LogP contribution in [0.1, 0.15) is 22.4 Å². The van der Waals surface area contributed by atoms with Gasteiger partial charge in [0, 0.05) is 50.9 Å². The first kappa shape index (κ1) is 44.7. The summed E-state index contributed by atoms with van der Waals surface area (Å²) in [7, 11) is 3.69. The molecule has 1 saturated heterocycles. The summed E-state index contributed by atoms with van der Waals surface area (Å²) in [5.74, 6) is 0.517. The molecular formula is C49H46Cl2FN7O7. The number of hydrogen-bond donors (Lipinski definition) is 1. The number of benzene rings is 4. The maximum atomic E-state index is 14.4. The topological polar surface area (TPSA) is 146 Å². The van der Waals surface area contributed by atoms with E-state index in [0.717, 1.165) is 31.7 Å². The number of carboxylic acids is 1. The Morgan fingerprint density at radius 1 is 0.909 bits per heavy atom. The van der Waals surface area contributed by atoms with Crippen LogP contribution in [-0.2, 0) is 17.8 Å². The van der Waals surface area contributed by atoms with Crippen molar-refractivity contribution in [1.29, 1.82) is 0 Å². The number of carbonyl (C=O) groups is 1. The Hall–Kier alpha value is -6.52. The molecule has 7 aromatic rings. The first-order valence-corrected chi connectivity index (χ1v) is 22.1. The highest BCUT2D eigenvalue weighted by Gasteiger charge is 2.31. The van der Waals surface area contributed by atoms with E-state index in [9.17, 15) is 14.3 Å². The second kappa shape index (κ2) is 19.1. The number of rotatable bonds is 9. The van der Waals surface area contributed by atoms with Crippen LogP contribution < -0.4 is 23.7 Å². The Bertz CT molecular complexity index is 2900. The fourth-order valence-corrected chi connectivity index (χ4v) is 8.87. The molecular weight excluding hydrogens is 888 g/mol. The maximum absolute atomic E-state index is 14.4. The molecule has 2 atom stereocenters. The molecule has 340 valence electrons. The van der Waals surface area contributed by atoms with Crippen molar-refractivity contribution in [3.8, 4) is 57.2 Å². The van der Waals surface area contributed by atoms with Crippen LogP contribution in [0.5, 0.6) is 28.9 Å². The molecule has 3 aliphatic rings. The lowest BCUT2D eigenvalue weighted by Gasteiger charge is -2.35. The van der Waals surface area contributed by atoms with Crippen molar-refractivity contribution in [2.75, 3.05) is 53.5 Å². The van der Waals surface area contributed by atoms with Gasteiger partial charge in [-0.15, -0.1) is 0 Å². The van der Waals surface area contributed by atoms with Gasteiger partial charge in [0.1, 0.15) is 54.2 Å². The van der Waals surface area contributed by atoms with Crippen LogP contribution in [0.2, 0.25) is 10.0 Å². The monoisotopic (exact) mass is 933 g/mol. The van der Waals surface area contributed by atoms with E-state index in [1.54, 1.807) is 49.7 Å². The van der Waals surface area contributed by atoms with Gasteiger partial charge in [0.2, 0.25) is 12.0 Å². The lowest BCUT2D eigenvalue weighted by molar-refractivity contribution is -0.145. The van der Waals surface area contributed by atoms with Gasteiger partial charge in [-0.05, 0) is 104 Å². The Labute approximate surface area is 390 Å². The van der Waals surface area contributed by atoms with Crippen molar-refractivity contribution >= 4 is 40.2 Å². The zero-order valence-electron chi connectivity index (χ0n) is 36.6. The van der Waals surface area contributed by atoms with Gasteiger partial charge < -0.3 is 38.3 Å². The van der Waals surface area contributed by atoms with E-state index in [1.807, 2.05) is 48.7 Å². The van der Waals surface area contributed by atoms with E-state index < -0.39 is 24.0 Å². The maximum Gasteiger partial charge on any atom is 0.345 e.